The number of fused-ring (bicyclic) bond motifs is 1. The van der Waals surface area contributed by atoms with E-state index in [0.29, 0.717) is 0 Å². The molecule has 3 heteroatoms. The van der Waals surface area contributed by atoms with E-state index in [0.717, 1.165) is 50.2 Å². The quantitative estimate of drug-likeness (QED) is 0.382. The zero-order valence-electron chi connectivity index (χ0n) is 15.8. The Morgan fingerprint density at radius 2 is 1.28 bits per heavy atom. The molecule has 0 aliphatic rings. The Labute approximate surface area is 169 Å². The second-order valence-electron chi connectivity index (χ2n) is 7.01. The van der Waals surface area contributed by atoms with Crippen LogP contribution >= 0.6 is 0 Å². The van der Waals surface area contributed by atoms with Gasteiger partial charge in [0.15, 0.2) is 5.82 Å². The summed E-state index contributed by atoms with van der Waals surface area (Å²) in [7, 11) is 0. The first-order valence-electron chi connectivity index (χ1n) is 9.55. The molecule has 0 aliphatic carbocycles. The number of nitrogen functional groups attached to an aromatic ring is 1. The lowest BCUT2D eigenvalue weighted by Crippen LogP contribution is -1.94. The van der Waals surface area contributed by atoms with Gasteiger partial charge in [0.2, 0.25) is 0 Å². The Bertz CT molecular complexity index is 1300. The third-order valence-corrected chi connectivity index (χ3v) is 5.02. The summed E-state index contributed by atoms with van der Waals surface area (Å²) in [4.78, 5) is 9.56. The number of nitrogens with two attached hydrogens (primary N) is 1. The van der Waals surface area contributed by atoms with E-state index in [9.17, 15) is 0 Å². The van der Waals surface area contributed by atoms with Crippen LogP contribution in [0, 0.1) is 0 Å². The molecule has 138 valence electrons. The number of hydrogen-bond donors (Lipinski definition) is 1. The first-order chi connectivity index (χ1) is 14.3. The molecule has 0 amide bonds. The summed E-state index contributed by atoms with van der Waals surface area (Å²) in [6.07, 6.45) is 1.91. The number of nitrogens with zero attached hydrogens (tertiary/aromatic N) is 2. The molecule has 29 heavy (non-hydrogen) atoms. The van der Waals surface area contributed by atoms with Gasteiger partial charge < -0.3 is 5.73 Å². The summed E-state index contributed by atoms with van der Waals surface area (Å²) >= 11 is 0. The minimum atomic E-state index is 0.718. The summed E-state index contributed by atoms with van der Waals surface area (Å²) < 4.78 is 0. The van der Waals surface area contributed by atoms with Gasteiger partial charge in [0, 0.05) is 28.4 Å². The Kier molecular flexibility index (Phi) is 4.26. The Hall–Kier alpha value is -3.98. The van der Waals surface area contributed by atoms with Crippen molar-refractivity contribution in [2.24, 2.45) is 0 Å². The van der Waals surface area contributed by atoms with Gasteiger partial charge in [-0.05, 0) is 41.0 Å². The van der Waals surface area contributed by atoms with Crippen LogP contribution in [-0.4, -0.2) is 9.97 Å². The third kappa shape index (κ3) is 3.34. The van der Waals surface area contributed by atoms with Crippen molar-refractivity contribution in [2.75, 3.05) is 5.73 Å². The zero-order valence-corrected chi connectivity index (χ0v) is 15.8. The van der Waals surface area contributed by atoms with Crippen LogP contribution in [0.4, 0.5) is 5.69 Å². The second kappa shape index (κ2) is 7.21. The molecule has 0 saturated heterocycles. The van der Waals surface area contributed by atoms with Gasteiger partial charge in [-0.25, -0.2) is 9.97 Å². The van der Waals surface area contributed by atoms with Gasteiger partial charge in [-0.2, -0.15) is 0 Å². The third-order valence-electron chi connectivity index (χ3n) is 5.02. The van der Waals surface area contributed by atoms with Crippen molar-refractivity contribution in [3.8, 4) is 33.6 Å². The number of benzene rings is 4. The van der Waals surface area contributed by atoms with Crippen molar-refractivity contribution >= 4 is 16.6 Å². The largest absolute Gasteiger partial charge is 0.399 e. The molecule has 0 saturated carbocycles. The van der Waals surface area contributed by atoms with Crippen LogP contribution in [0.2, 0.25) is 0 Å². The Balaban J connectivity index is 1.78. The molecular formula is C26H19N3. The molecule has 0 radical (unpaired) electrons. The molecule has 0 spiro atoms. The highest BCUT2D eigenvalue weighted by Gasteiger charge is 2.12. The van der Waals surface area contributed by atoms with E-state index in [4.69, 9.17) is 10.7 Å². The molecule has 3 nitrogen and oxygen atoms in total. The lowest BCUT2D eigenvalue weighted by Gasteiger charge is -2.12. The van der Waals surface area contributed by atoms with Crippen molar-refractivity contribution in [2.45, 2.75) is 0 Å². The van der Waals surface area contributed by atoms with E-state index < -0.39 is 0 Å². The van der Waals surface area contributed by atoms with Gasteiger partial charge in [-0.1, -0.05) is 72.8 Å². The van der Waals surface area contributed by atoms with Crippen LogP contribution in [0.5, 0.6) is 0 Å². The highest BCUT2D eigenvalue weighted by Crippen LogP contribution is 2.34. The smallest absolute Gasteiger partial charge is 0.159 e. The molecule has 1 heterocycles. The predicted octanol–water partition coefficient (Wildman–Crippen LogP) is 6.21. The minimum Gasteiger partial charge on any atom is -0.399 e. The van der Waals surface area contributed by atoms with Gasteiger partial charge in [-0.15, -0.1) is 0 Å². The molecule has 2 N–H and O–H groups in total. The SMILES string of the molecule is Nc1cccc(-c2cc(-c3ccccc3)cc3cnc(-c4ccccc4)nc23)c1. The summed E-state index contributed by atoms with van der Waals surface area (Å²) in [5, 5.41) is 1.00. The maximum absolute atomic E-state index is 6.08. The summed E-state index contributed by atoms with van der Waals surface area (Å²) in [6, 6.07) is 32.7. The van der Waals surface area contributed by atoms with E-state index in [-0.39, 0.29) is 0 Å². The van der Waals surface area contributed by atoms with Gasteiger partial charge in [0.1, 0.15) is 0 Å². The molecule has 0 fully saturated rings. The van der Waals surface area contributed by atoms with Gasteiger partial charge >= 0.3 is 0 Å². The predicted molar refractivity (Wildman–Crippen MR) is 120 cm³/mol. The zero-order chi connectivity index (χ0) is 19.6. The number of aromatic nitrogens is 2. The van der Waals surface area contributed by atoms with Crippen molar-refractivity contribution in [3.05, 3.63) is 103 Å². The van der Waals surface area contributed by atoms with E-state index in [1.807, 2.05) is 60.8 Å². The summed E-state index contributed by atoms with van der Waals surface area (Å²) in [5.41, 5.74) is 13.1. The van der Waals surface area contributed by atoms with Crippen molar-refractivity contribution < 1.29 is 0 Å². The molecule has 4 aromatic carbocycles. The Morgan fingerprint density at radius 3 is 2.00 bits per heavy atom. The molecule has 0 unspecified atom stereocenters. The topological polar surface area (TPSA) is 51.8 Å². The van der Waals surface area contributed by atoms with Crippen LogP contribution < -0.4 is 5.73 Å². The first-order valence-corrected chi connectivity index (χ1v) is 9.55. The van der Waals surface area contributed by atoms with E-state index in [1.165, 1.54) is 0 Å². The Morgan fingerprint density at radius 1 is 0.586 bits per heavy atom. The number of rotatable bonds is 3. The highest BCUT2D eigenvalue weighted by atomic mass is 14.9. The van der Waals surface area contributed by atoms with Gasteiger partial charge in [-0.3, -0.25) is 0 Å². The average molecular weight is 373 g/mol. The standard InChI is InChI=1S/C26H19N3/c27-23-13-7-12-20(15-23)24-16-21(18-8-3-1-4-9-18)14-22-17-28-26(29-25(22)24)19-10-5-2-6-11-19/h1-17H,27H2. The van der Waals surface area contributed by atoms with E-state index in [1.54, 1.807) is 0 Å². The normalized spacial score (nSPS) is 10.9. The van der Waals surface area contributed by atoms with Crippen LogP contribution in [0.1, 0.15) is 0 Å². The van der Waals surface area contributed by atoms with Gasteiger partial charge in [0.05, 0.1) is 5.52 Å². The van der Waals surface area contributed by atoms with Crippen molar-refractivity contribution in [1.29, 1.82) is 0 Å². The molecule has 1 aromatic heterocycles. The lowest BCUT2D eigenvalue weighted by atomic mass is 9.95. The van der Waals surface area contributed by atoms with Crippen molar-refractivity contribution in [3.63, 3.8) is 0 Å². The summed E-state index contributed by atoms with van der Waals surface area (Å²) in [5.74, 6) is 0.718. The highest BCUT2D eigenvalue weighted by molar-refractivity contribution is 5.98. The lowest BCUT2D eigenvalue weighted by molar-refractivity contribution is 1.23. The first kappa shape index (κ1) is 17.1. The molecule has 0 atom stereocenters. The fourth-order valence-electron chi connectivity index (χ4n) is 3.60. The number of hydrogen-bond acceptors (Lipinski definition) is 3. The minimum absolute atomic E-state index is 0.718. The molecule has 5 rings (SSSR count). The molecule has 0 aliphatic heterocycles. The maximum atomic E-state index is 6.08. The van der Waals surface area contributed by atoms with Crippen LogP contribution in [0.15, 0.2) is 103 Å². The van der Waals surface area contributed by atoms with E-state index >= 15 is 0 Å². The fraction of sp³-hybridized carbons (Fsp3) is 0. The van der Waals surface area contributed by atoms with Crippen molar-refractivity contribution in [1.82, 2.24) is 9.97 Å². The fourth-order valence-corrected chi connectivity index (χ4v) is 3.60. The monoisotopic (exact) mass is 373 g/mol. The second-order valence-corrected chi connectivity index (χ2v) is 7.01. The van der Waals surface area contributed by atoms with E-state index in [2.05, 4.69) is 47.4 Å². The van der Waals surface area contributed by atoms with Crippen LogP contribution in [0.25, 0.3) is 44.5 Å². The van der Waals surface area contributed by atoms with Crippen LogP contribution in [0.3, 0.4) is 0 Å². The average Bonchev–Trinajstić information content (AvgIpc) is 2.79. The van der Waals surface area contributed by atoms with Gasteiger partial charge in [0.25, 0.3) is 0 Å². The summed E-state index contributed by atoms with van der Waals surface area (Å²) in [6.45, 7) is 0. The number of anilines is 1. The van der Waals surface area contributed by atoms with Crippen LogP contribution in [-0.2, 0) is 0 Å². The molecule has 0 bridgehead atoms. The molecular weight excluding hydrogens is 354 g/mol. The maximum Gasteiger partial charge on any atom is 0.159 e. The molecule has 5 aromatic rings.